The minimum atomic E-state index is 0. The van der Waals surface area contributed by atoms with E-state index >= 15 is 0 Å². The van der Waals surface area contributed by atoms with Crippen LogP contribution in [0.2, 0.25) is 6.04 Å². The zero-order valence-electron chi connectivity index (χ0n) is 2.71. The molecule has 0 amide bonds. The SMILES string of the molecule is CC[SiH3].[SiH4]. The molecular weight excluding hydrogens is 80.2 g/mol. The molecule has 0 aromatic rings. The van der Waals surface area contributed by atoms with Gasteiger partial charge in [0.1, 0.15) is 0 Å². The molecule has 0 aliphatic rings. The highest BCUT2D eigenvalue weighted by atomic mass is 28.1. The summed E-state index contributed by atoms with van der Waals surface area (Å²) < 4.78 is 0. The van der Waals surface area contributed by atoms with Gasteiger partial charge in [-0.2, -0.15) is 0 Å². The Bertz CT molecular complexity index is 4.00. The van der Waals surface area contributed by atoms with Gasteiger partial charge in [-0.3, -0.25) is 0 Å². The van der Waals surface area contributed by atoms with Crippen molar-refractivity contribution in [2.45, 2.75) is 13.0 Å². The van der Waals surface area contributed by atoms with Crippen LogP contribution in [0.3, 0.4) is 0 Å². The Kier molecular flexibility index (Phi) is 21.8. The Labute approximate surface area is 35.0 Å². The van der Waals surface area contributed by atoms with Crippen molar-refractivity contribution < 1.29 is 0 Å². The van der Waals surface area contributed by atoms with Gasteiger partial charge in [0.15, 0.2) is 0 Å². The minimum Gasteiger partial charge on any atom is -0.0686 e. The second kappa shape index (κ2) is 9.89. The highest BCUT2D eigenvalue weighted by molar-refractivity contribution is 6.08. The minimum absolute atomic E-state index is 0. The Morgan fingerprint density at radius 1 is 1.75 bits per heavy atom. The maximum atomic E-state index is 2.19. The van der Waals surface area contributed by atoms with Crippen molar-refractivity contribution in [1.82, 2.24) is 0 Å². The van der Waals surface area contributed by atoms with Crippen molar-refractivity contribution in [1.29, 1.82) is 0 Å². The van der Waals surface area contributed by atoms with Gasteiger partial charge in [0.2, 0.25) is 0 Å². The van der Waals surface area contributed by atoms with E-state index in [9.17, 15) is 0 Å². The third kappa shape index (κ3) is 26.6. The molecule has 28 valence electrons. The summed E-state index contributed by atoms with van der Waals surface area (Å²) in [5, 5.41) is 0. The molecule has 0 heterocycles. The van der Waals surface area contributed by atoms with Crippen LogP contribution in [-0.4, -0.2) is 21.2 Å². The fourth-order valence-electron chi connectivity index (χ4n) is 0. The third-order valence-corrected chi connectivity index (χ3v) is 0. The summed E-state index contributed by atoms with van der Waals surface area (Å²) in [4.78, 5) is 0. The van der Waals surface area contributed by atoms with Crippen LogP contribution in [0, 0.1) is 0 Å². The van der Waals surface area contributed by atoms with Crippen LogP contribution >= 0.6 is 0 Å². The molecule has 0 aliphatic carbocycles. The van der Waals surface area contributed by atoms with E-state index in [1.807, 2.05) is 0 Å². The summed E-state index contributed by atoms with van der Waals surface area (Å²) in [5.74, 6) is 0. The van der Waals surface area contributed by atoms with Gasteiger partial charge in [0.05, 0.1) is 0 Å². The van der Waals surface area contributed by atoms with Gasteiger partial charge in [0.25, 0.3) is 0 Å². The molecule has 2 heteroatoms. The van der Waals surface area contributed by atoms with Crippen LogP contribution < -0.4 is 0 Å². The van der Waals surface area contributed by atoms with Gasteiger partial charge in [0, 0.05) is 10.2 Å². The molecule has 0 aromatic heterocycles. The molecule has 0 nitrogen and oxygen atoms in total. The molecule has 0 bridgehead atoms. The molecular formula is C2H12Si2. The first-order valence-corrected chi connectivity index (χ1v) is 2.83. The first-order valence-electron chi connectivity index (χ1n) is 1.41. The zero-order chi connectivity index (χ0) is 2.71. The molecule has 0 aromatic carbocycles. The van der Waals surface area contributed by atoms with Crippen LogP contribution in [0.5, 0.6) is 0 Å². The summed E-state index contributed by atoms with van der Waals surface area (Å²) in [5.41, 5.74) is 0. The van der Waals surface area contributed by atoms with Crippen LogP contribution in [0.25, 0.3) is 0 Å². The molecule has 0 N–H and O–H groups in total. The number of hydrogen-bond acceptors (Lipinski definition) is 0. The van der Waals surface area contributed by atoms with Crippen LogP contribution in [0.1, 0.15) is 6.92 Å². The maximum Gasteiger partial charge on any atom is 0.00244 e. The molecule has 0 atom stereocenters. The highest BCUT2D eigenvalue weighted by Gasteiger charge is 1.36. The van der Waals surface area contributed by atoms with Crippen molar-refractivity contribution in [3.63, 3.8) is 0 Å². The smallest absolute Gasteiger partial charge is 0.00244 e. The number of rotatable bonds is 0. The van der Waals surface area contributed by atoms with Crippen LogP contribution in [0.15, 0.2) is 0 Å². The highest BCUT2D eigenvalue weighted by Crippen LogP contribution is 1.49. The van der Waals surface area contributed by atoms with Gasteiger partial charge in [-0.05, 0) is 11.0 Å². The maximum absolute atomic E-state index is 2.19. The molecule has 0 saturated heterocycles. The quantitative estimate of drug-likeness (QED) is 0.314. The second-order valence-electron chi connectivity index (χ2n) is 0.707. The van der Waals surface area contributed by atoms with Crippen molar-refractivity contribution in [2.75, 3.05) is 0 Å². The molecule has 0 spiro atoms. The third-order valence-electron chi connectivity index (χ3n) is 0. The summed E-state index contributed by atoms with van der Waals surface area (Å²) in [6, 6.07) is 1.39. The van der Waals surface area contributed by atoms with Crippen molar-refractivity contribution >= 4 is 21.2 Å². The van der Waals surface area contributed by atoms with E-state index in [1.54, 1.807) is 0 Å². The Balaban J connectivity index is 0. The monoisotopic (exact) mass is 92.0 g/mol. The van der Waals surface area contributed by atoms with E-state index in [0.717, 1.165) is 0 Å². The lowest BCUT2D eigenvalue weighted by atomic mass is 11.0. The molecule has 0 fully saturated rings. The Morgan fingerprint density at radius 3 is 1.75 bits per heavy atom. The summed E-state index contributed by atoms with van der Waals surface area (Å²) in [6.07, 6.45) is 0. The predicted octanol–water partition coefficient (Wildman–Crippen LogP) is -1.66. The second-order valence-corrected chi connectivity index (χ2v) is 2.12. The van der Waals surface area contributed by atoms with Crippen LogP contribution in [-0.2, 0) is 0 Å². The molecule has 0 saturated carbocycles. The van der Waals surface area contributed by atoms with E-state index in [-0.39, 0.29) is 11.0 Å². The van der Waals surface area contributed by atoms with Crippen molar-refractivity contribution in [2.24, 2.45) is 0 Å². The predicted molar refractivity (Wildman–Crippen MR) is 31.8 cm³/mol. The van der Waals surface area contributed by atoms with Gasteiger partial charge < -0.3 is 0 Å². The number of hydrogen-bond donors (Lipinski definition) is 0. The lowest BCUT2D eigenvalue weighted by molar-refractivity contribution is 1.48. The van der Waals surface area contributed by atoms with Gasteiger partial charge in [-0.25, -0.2) is 0 Å². The Morgan fingerprint density at radius 2 is 1.75 bits per heavy atom. The standard InChI is InChI=1S/C2H8Si.H4Si/c1-2-3;/h2H2,1,3H3;1H4. The van der Waals surface area contributed by atoms with Crippen molar-refractivity contribution in [3.05, 3.63) is 0 Å². The Hall–Kier alpha value is 0.434. The average molecular weight is 92.3 g/mol. The molecule has 4 heavy (non-hydrogen) atoms. The largest absolute Gasteiger partial charge is 0.0686 e. The van der Waals surface area contributed by atoms with Gasteiger partial charge in [-0.1, -0.05) is 13.0 Å². The van der Waals surface area contributed by atoms with E-state index in [1.165, 1.54) is 16.3 Å². The lowest BCUT2D eigenvalue weighted by Crippen LogP contribution is -1.41. The van der Waals surface area contributed by atoms with E-state index < -0.39 is 0 Å². The van der Waals surface area contributed by atoms with Crippen LogP contribution in [0.4, 0.5) is 0 Å². The molecule has 0 rings (SSSR count). The molecule has 0 unspecified atom stereocenters. The summed E-state index contributed by atoms with van der Waals surface area (Å²) >= 11 is 0. The van der Waals surface area contributed by atoms with Crippen molar-refractivity contribution in [3.8, 4) is 0 Å². The normalized spacial score (nSPS) is 5.25. The summed E-state index contributed by atoms with van der Waals surface area (Å²) in [7, 11) is 1.37. The fourth-order valence-corrected chi connectivity index (χ4v) is 0. The fraction of sp³-hybridized carbons (Fsp3) is 1.00. The topological polar surface area (TPSA) is 0 Å². The molecule has 0 aliphatic heterocycles. The average Bonchev–Trinajstić information content (AvgIpc) is 0.918. The van der Waals surface area contributed by atoms with Gasteiger partial charge in [-0.15, -0.1) is 0 Å². The first-order chi connectivity index (χ1) is 1.41. The van der Waals surface area contributed by atoms with E-state index in [4.69, 9.17) is 0 Å². The first kappa shape index (κ1) is 8.83. The zero-order valence-corrected chi connectivity index (χ0v) is 4.71. The van der Waals surface area contributed by atoms with E-state index in [2.05, 4.69) is 6.92 Å². The lowest BCUT2D eigenvalue weighted by Gasteiger charge is -1.47. The van der Waals surface area contributed by atoms with Gasteiger partial charge >= 0.3 is 0 Å². The summed E-state index contributed by atoms with van der Waals surface area (Å²) in [6.45, 7) is 2.19. The molecule has 0 radical (unpaired) electrons. The van der Waals surface area contributed by atoms with E-state index in [0.29, 0.717) is 0 Å².